The van der Waals surface area contributed by atoms with E-state index < -0.39 is 15.9 Å². The molecule has 108 valence electrons. The van der Waals surface area contributed by atoms with E-state index in [2.05, 4.69) is 5.32 Å². The molecule has 1 aliphatic heterocycles. The molecule has 0 radical (unpaired) electrons. The molecule has 0 saturated carbocycles. The first-order valence-electron chi connectivity index (χ1n) is 6.42. The van der Waals surface area contributed by atoms with E-state index in [-0.39, 0.29) is 28.5 Å². The number of hydrogen-bond acceptors (Lipinski definition) is 4. The number of fused-ring (bicyclic) bond motifs is 1. The molecule has 1 N–H and O–H groups in total. The van der Waals surface area contributed by atoms with Gasteiger partial charge in [0.1, 0.15) is 4.90 Å². The van der Waals surface area contributed by atoms with Gasteiger partial charge in [0.15, 0.2) is 0 Å². The first-order valence-corrected chi connectivity index (χ1v) is 7.86. The van der Waals surface area contributed by atoms with Crippen molar-refractivity contribution < 1.29 is 18.0 Å². The van der Waals surface area contributed by atoms with Crippen LogP contribution in [-0.2, 0) is 10.0 Å². The molecule has 20 heavy (non-hydrogen) atoms. The highest BCUT2D eigenvalue weighted by atomic mass is 32.2. The molecule has 1 aliphatic rings. The summed E-state index contributed by atoms with van der Waals surface area (Å²) in [5.74, 6) is -0.879. The van der Waals surface area contributed by atoms with Crippen LogP contribution in [0.2, 0.25) is 0 Å². The lowest BCUT2D eigenvalue weighted by molar-refractivity contribution is 0.0869. The normalized spacial score (nSPS) is 16.1. The largest absolute Gasteiger partial charge is 0.352 e. The number of nitrogens with zero attached hydrogens (tertiary/aromatic N) is 1. The second kappa shape index (κ2) is 5.24. The van der Waals surface area contributed by atoms with Gasteiger partial charge in [0.25, 0.3) is 21.8 Å². The van der Waals surface area contributed by atoms with Gasteiger partial charge >= 0.3 is 0 Å². The summed E-state index contributed by atoms with van der Waals surface area (Å²) in [6.45, 7) is 4.16. The molecular formula is C13H16N2O4S. The molecule has 6 nitrogen and oxygen atoms in total. The molecule has 0 aliphatic carbocycles. The summed E-state index contributed by atoms with van der Waals surface area (Å²) < 4.78 is 25.4. The highest BCUT2D eigenvalue weighted by Crippen LogP contribution is 2.31. The molecule has 0 aromatic heterocycles. The molecule has 0 saturated heterocycles. The van der Waals surface area contributed by atoms with E-state index in [1.807, 2.05) is 0 Å². The number of nitrogens with one attached hydrogen (secondary N) is 1. The molecule has 7 heteroatoms. The van der Waals surface area contributed by atoms with Gasteiger partial charge in [0.2, 0.25) is 0 Å². The maximum absolute atomic E-state index is 12.3. The summed E-state index contributed by atoms with van der Waals surface area (Å²) in [5.41, 5.74) is 0.367. The molecule has 0 fully saturated rings. The average molecular weight is 296 g/mol. The minimum absolute atomic E-state index is 0.0836. The van der Waals surface area contributed by atoms with E-state index in [1.165, 1.54) is 18.2 Å². The van der Waals surface area contributed by atoms with Gasteiger partial charge in [0, 0.05) is 18.7 Å². The van der Waals surface area contributed by atoms with Crippen molar-refractivity contribution in [1.82, 2.24) is 9.62 Å². The number of benzene rings is 1. The Bertz CT molecular complexity index is 667. The molecule has 2 rings (SSSR count). The van der Waals surface area contributed by atoms with Gasteiger partial charge in [-0.25, -0.2) is 12.7 Å². The highest BCUT2D eigenvalue weighted by Gasteiger charge is 2.40. The van der Waals surface area contributed by atoms with E-state index in [4.69, 9.17) is 0 Å². The van der Waals surface area contributed by atoms with E-state index in [1.54, 1.807) is 13.8 Å². The zero-order valence-electron chi connectivity index (χ0n) is 11.3. The number of carbonyl (C=O) groups is 2. The van der Waals surface area contributed by atoms with Gasteiger partial charge in [0.05, 0.1) is 5.56 Å². The van der Waals surface area contributed by atoms with E-state index in [0.717, 1.165) is 4.31 Å². The number of rotatable bonds is 4. The van der Waals surface area contributed by atoms with E-state index >= 15 is 0 Å². The predicted octanol–water partition coefficient (Wildman–Crippen LogP) is 0.991. The number of sulfonamides is 1. The minimum atomic E-state index is -3.82. The lowest BCUT2D eigenvalue weighted by Gasteiger charge is -2.13. The third-order valence-electron chi connectivity index (χ3n) is 3.03. The van der Waals surface area contributed by atoms with Crippen molar-refractivity contribution in [3.63, 3.8) is 0 Å². The van der Waals surface area contributed by atoms with Gasteiger partial charge in [-0.2, -0.15) is 0 Å². The van der Waals surface area contributed by atoms with Crippen molar-refractivity contribution in [2.45, 2.75) is 25.2 Å². The van der Waals surface area contributed by atoms with Crippen molar-refractivity contribution in [1.29, 1.82) is 0 Å². The average Bonchev–Trinajstić information content (AvgIpc) is 2.60. The zero-order valence-corrected chi connectivity index (χ0v) is 12.2. The Balaban J connectivity index is 2.50. The monoisotopic (exact) mass is 296 g/mol. The maximum Gasteiger partial charge on any atom is 0.269 e. The Kier molecular flexibility index (Phi) is 3.80. The quantitative estimate of drug-likeness (QED) is 0.898. The van der Waals surface area contributed by atoms with Crippen LogP contribution < -0.4 is 5.32 Å². The Morgan fingerprint density at radius 3 is 2.60 bits per heavy atom. The van der Waals surface area contributed by atoms with Gasteiger partial charge < -0.3 is 5.32 Å². The Hall–Kier alpha value is -1.89. The van der Waals surface area contributed by atoms with Crippen molar-refractivity contribution in [3.05, 3.63) is 29.3 Å². The summed E-state index contributed by atoms with van der Waals surface area (Å²) in [6, 6.07) is 4.13. The standard InChI is InChI=1S/C13H16N2O4S/c1-3-7-15-13(17)10-6-5-9(12(16)14-4-2)8-11(10)20(15,18)19/h5-6,8H,3-4,7H2,1-2H3,(H,14,16). The number of hydrogen-bond donors (Lipinski definition) is 1. The van der Waals surface area contributed by atoms with Crippen LogP contribution in [0, 0.1) is 0 Å². The summed E-state index contributed by atoms with van der Waals surface area (Å²) >= 11 is 0. The van der Waals surface area contributed by atoms with Crippen LogP contribution in [0.5, 0.6) is 0 Å². The molecule has 0 spiro atoms. The fourth-order valence-corrected chi connectivity index (χ4v) is 3.79. The topological polar surface area (TPSA) is 83.6 Å². The molecule has 1 aromatic carbocycles. The summed E-state index contributed by atoms with van der Waals surface area (Å²) in [7, 11) is -3.82. The highest BCUT2D eigenvalue weighted by molar-refractivity contribution is 7.90. The van der Waals surface area contributed by atoms with Crippen molar-refractivity contribution in [2.24, 2.45) is 0 Å². The summed E-state index contributed by atoms with van der Waals surface area (Å²) in [5, 5.41) is 2.60. The molecule has 0 bridgehead atoms. The molecule has 2 amide bonds. The van der Waals surface area contributed by atoms with Gasteiger partial charge in [-0.15, -0.1) is 0 Å². The first kappa shape index (κ1) is 14.5. The van der Waals surface area contributed by atoms with E-state index in [0.29, 0.717) is 13.0 Å². The Labute approximate surface area is 117 Å². The van der Waals surface area contributed by atoms with Crippen LogP contribution in [0.1, 0.15) is 41.0 Å². The third-order valence-corrected chi connectivity index (χ3v) is 4.86. The third kappa shape index (κ3) is 2.18. The molecule has 1 aromatic rings. The fourth-order valence-electron chi connectivity index (χ4n) is 2.10. The smallest absolute Gasteiger partial charge is 0.269 e. The number of carbonyl (C=O) groups excluding carboxylic acids is 2. The first-order chi connectivity index (χ1) is 9.43. The van der Waals surface area contributed by atoms with Gasteiger partial charge in [-0.3, -0.25) is 9.59 Å². The zero-order chi connectivity index (χ0) is 14.9. The van der Waals surface area contributed by atoms with Crippen molar-refractivity contribution >= 4 is 21.8 Å². The minimum Gasteiger partial charge on any atom is -0.352 e. The van der Waals surface area contributed by atoms with Crippen LogP contribution in [-0.4, -0.2) is 37.6 Å². The van der Waals surface area contributed by atoms with Crippen LogP contribution in [0.4, 0.5) is 0 Å². The summed E-state index contributed by atoms with van der Waals surface area (Å²) in [6.07, 6.45) is 0.544. The molecule has 1 heterocycles. The van der Waals surface area contributed by atoms with Crippen LogP contribution in [0.3, 0.4) is 0 Å². The molecule has 0 atom stereocenters. The van der Waals surface area contributed by atoms with Crippen molar-refractivity contribution in [2.75, 3.05) is 13.1 Å². The second-order valence-electron chi connectivity index (χ2n) is 4.45. The summed E-state index contributed by atoms with van der Waals surface area (Å²) in [4.78, 5) is 23.7. The Morgan fingerprint density at radius 2 is 2.00 bits per heavy atom. The van der Waals surface area contributed by atoms with Crippen LogP contribution in [0.15, 0.2) is 23.1 Å². The van der Waals surface area contributed by atoms with Crippen LogP contribution >= 0.6 is 0 Å². The number of amides is 2. The fraction of sp³-hybridized carbons (Fsp3) is 0.385. The predicted molar refractivity (Wildman–Crippen MR) is 73.0 cm³/mol. The molecule has 0 unspecified atom stereocenters. The van der Waals surface area contributed by atoms with Gasteiger partial charge in [-0.05, 0) is 31.5 Å². The SMILES string of the molecule is CCCN1C(=O)c2ccc(C(=O)NCC)cc2S1(=O)=O. The Morgan fingerprint density at radius 1 is 1.30 bits per heavy atom. The lowest BCUT2D eigenvalue weighted by atomic mass is 10.1. The lowest BCUT2D eigenvalue weighted by Crippen LogP contribution is -2.30. The van der Waals surface area contributed by atoms with Gasteiger partial charge in [-0.1, -0.05) is 6.92 Å². The second-order valence-corrected chi connectivity index (χ2v) is 6.28. The molecular weight excluding hydrogens is 280 g/mol. The van der Waals surface area contributed by atoms with Crippen molar-refractivity contribution in [3.8, 4) is 0 Å². The van der Waals surface area contributed by atoms with Crippen LogP contribution in [0.25, 0.3) is 0 Å². The van der Waals surface area contributed by atoms with E-state index in [9.17, 15) is 18.0 Å². The maximum atomic E-state index is 12.3.